The van der Waals surface area contributed by atoms with E-state index in [-0.39, 0.29) is 11.2 Å². The predicted molar refractivity (Wildman–Crippen MR) is 104 cm³/mol. The van der Waals surface area contributed by atoms with Gasteiger partial charge in [0.25, 0.3) is 0 Å². The first kappa shape index (κ1) is 16.9. The molecule has 4 aromatic rings. The number of imidazole rings is 1. The minimum absolute atomic E-state index is 0.167. The van der Waals surface area contributed by atoms with Crippen LogP contribution in [0.5, 0.6) is 0 Å². The molecule has 0 bridgehead atoms. The molecule has 0 aromatic carbocycles. The van der Waals surface area contributed by atoms with Crippen molar-refractivity contribution < 1.29 is 8.81 Å². The highest BCUT2D eigenvalue weighted by Gasteiger charge is 2.16. The van der Waals surface area contributed by atoms with Gasteiger partial charge in [-0.25, -0.2) is 14.2 Å². The van der Waals surface area contributed by atoms with Gasteiger partial charge in [-0.05, 0) is 43.3 Å². The minimum Gasteiger partial charge on any atom is -0.403 e. The molecule has 5 heterocycles. The van der Waals surface area contributed by atoms with Crippen molar-refractivity contribution in [1.82, 2.24) is 19.7 Å². The smallest absolute Gasteiger partial charge is 0.347 e. The summed E-state index contributed by atoms with van der Waals surface area (Å²) in [5.41, 5.74) is 0.560. The fourth-order valence-electron chi connectivity index (χ4n) is 3.53. The quantitative estimate of drug-likeness (QED) is 0.577. The van der Waals surface area contributed by atoms with Crippen molar-refractivity contribution in [2.75, 3.05) is 31.1 Å². The Bertz CT molecular complexity index is 1220. The second-order valence-corrected chi connectivity index (χ2v) is 6.82. The highest BCUT2D eigenvalue weighted by atomic mass is 19.1. The van der Waals surface area contributed by atoms with Crippen LogP contribution in [0.25, 0.3) is 28.0 Å². The van der Waals surface area contributed by atoms with E-state index in [4.69, 9.17) is 4.42 Å². The fourth-order valence-corrected chi connectivity index (χ4v) is 3.53. The summed E-state index contributed by atoms with van der Waals surface area (Å²) in [7, 11) is 0. The van der Waals surface area contributed by atoms with Crippen molar-refractivity contribution in [3.05, 3.63) is 59.0 Å². The van der Waals surface area contributed by atoms with Gasteiger partial charge in [-0.2, -0.15) is 4.98 Å². The number of aromatic nitrogens is 3. The largest absolute Gasteiger partial charge is 0.403 e. The van der Waals surface area contributed by atoms with E-state index in [0.29, 0.717) is 16.8 Å². The highest BCUT2D eigenvalue weighted by Crippen LogP contribution is 2.23. The molecule has 28 heavy (non-hydrogen) atoms. The Morgan fingerprint density at radius 2 is 2.07 bits per heavy atom. The predicted octanol–water partition coefficient (Wildman–Crippen LogP) is 2.44. The molecule has 5 rings (SSSR count). The van der Waals surface area contributed by atoms with E-state index in [9.17, 15) is 9.18 Å². The summed E-state index contributed by atoms with van der Waals surface area (Å²) in [6, 6.07) is 8.43. The van der Waals surface area contributed by atoms with E-state index in [1.165, 1.54) is 6.07 Å². The molecule has 1 N–H and O–H groups in total. The lowest BCUT2D eigenvalue weighted by Crippen LogP contribution is -2.28. The van der Waals surface area contributed by atoms with Crippen molar-refractivity contribution in [2.45, 2.75) is 6.42 Å². The molecule has 142 valence electrons. The number of anilines is 1. The average Bonchev–Trinajstić information content (AvgIpc) is 2.95. The molecule has 0 unspecified atom stereocenters. The van der Waals surface area contributed by atoms with Crippen molar-refractivity contribution in [1.29, 1.82) is 0 Å². The van der Waals surface area contributed by atoms with Gasteiger partial charge in [0.15, 0.2) is 11.5 Å². The number of halogens is 1. The van der Waals surface area contributed by atoms with Crippen LogP contribution in [0.3, 0.4) is 0 Å². The van der Waals surface area contributed by atoms with Gasteiger partial charge in [0.2, 0.25) is 5.71 Å². The van der Waals surface area contributed by atoms with Gasteiger partial charge in [0, 0.05) is 37.4 Å². The standard InChI is InChI=1S/C20H18FN5O2/c21-15-3-1-8-26-12-16(23-18(15)26)14-11-13-4-5-17(24-19(13)28-20(14)27)25-9-2-6-22-7-10-25/h1,3-5,8,11-12,22H,2,6-7,9-10H2. The number of nitrogens with zero attached hydrogens (tertiary/aromatic N) is 4. The van der Waals surface area contributed by atoms with Crippen LogP contribution in [0.1, 0.15) is 6.42 Å². The van der Waals surface area contributed by atoms with E-state index in [1.807, 2.05) is 12.1 Å². The summed E-state index contributed by atoms with van der Waals surface area (Å²) >= 11 is 0. The Hall–Kier alpha value is -3.26. The van der Waals surface area contributed by atoms with Crippen LogP contribution in [0, 0.1) is 5.82 Å². The van der Waals surface area contributed by atoms with Crippen LogP contribution in [0.4, 0.5) is 10.2 Å². The summed E-state index contributed by atoms with van der Waals surface area (Å²) in [6.07, 6.45) is 4.33. The van der Waals surface area contributed by atoms with Crippen molar-refractivity contribution in [3.63, 3.8) is 0 Å². The summed E-state index contributed by atoms with van der Waals surface area (Å²) in [6.45, 7) is 3.64. The van der Waals surface area contributed by atoms with Crippen LogP contribution in [0.2, 0.25) is 0 Å². The van der Waals surface area contributed by atoms with Gasteiger partial charge in [-0.1, -0.05) is 0 Å². The highest BCUT2D eigenvalue weighted by molar-refractivity contribution is 5.80. The second kappa shape index (κ2) is 6.72. The molecule has 0 saturated carbocycles. The zero-order valence-electron chi connectivity index (χ0n) is 15.1. The van der Waals surface area contributed by atoms with Gasteiger partial charge >= 0.3 is 5.63 Å². The minimum atomic E-state index is -0.543. The monoisotopic (exact) mass is 379 g/mol. The molecule has 4 aromatic heterocycles. The van der Waals surface area contributed by atoms with Gasteiger partial charge in [-0.15, -0.1) is 0 Å². The molecule has 1 aliphatic rings. The topological polar surface area (TPSA) is 75.7 Å². The Morgan fingerprint density at radius 1 is 1.14 bits per heavy atom. The van der Waals surface area contributed by atoms with Crippen LogP contribution >= 0.6 is 0 Å². The Morgan fingerprint density at radius 3 is 2.96 bits per heavy atom. The fraction of sp³-hybridized carbons (Fsp3) is 0.250. The van der Waals surface area contributed by atoms with Crippen LogP contribution < -0.4 is 15.8 Å². The Labute approximate surface area is 159 Å². The third-order valence-electron chi connectivity index (χ3n) is 4.96. The Balaban J connectivity index is 1.57. The summed E-state index contributed by atoms with van der Waals surface area (Å²) in [5, 5.41) is 4.05. The molecule has 7 nitrogen and oxygen atoms in total. The SMILES string of the molecule is O=c1oc2nc(N3CCCNCC3)ccc2cc1-c1cn2cccc(F)c2n1. The summed E-state index contributed by atoms with van der Waals surface area (Å²) in [5.74, 6) is 0.346. The number of fused-ring (bicyclic) bond motifs is 2. The van der Waals surface area contributed by atoms with Crippen LogP contribution in [-0.4, -0.2) is 40.5 Å². The van der Waals surface area contributed by atoms with Gasteiger partial charge in [-0.3, -0.25) is 0 Å². The van der Waals surface area contributed by atoms with E-state index in [2.05, 4.69) is 20.2 Å². The maximum Gasteiger partial charge on any atom is 0.347 e. The molecule has 0 aliphatic carbocycles. The van der Waals surface area contributed by atoms with E-state index < -0.39 is 11.4 Å². The van der Waals surface area contributed by atoms with E-state index >= 15 is 0 Å². The molecule has 0 radical (unpaired) electrons. The number of rotatable bonds is 2. The van der Waals surface area contributed by atoms with Gasteiger partial charge in [0.05, 0.1) is 11.3 Å². The lowest BCUT2D eigenvalue weighted by Gasteiger charge is -2.20. The summed E-state index contributed by atoms with van der Waals surface area (Å²) in [4.78, 5) is 23.5. The molecule has 1 saturated heterocycles. The first-order valence-electron chi connectivity index (χ1n) is 9.23. The van der Waals surface area contributed by atoms with Crippen molar-refractivity contribution >= 4 is 22.6 Å². The normalized spacial score (nSPS) is 15.2. The van der Waals surface area contributed by atoms with Gasteiger partial charge < -0.3 is 19.0 Å². The maximum atomic E-state index is 13.9. The third kappa shape index (κ3) is 2.91. The number of nitrogens with one attached hydrogen (secondary N) is 1. The zero-order chi connectivity index (χ0) is 19.1. The van der Waals surface area contributed by atoms with Crippen LogP contribution in [-0.2, 0) is 0 Å². The molecule has 1 aliphatic heterocycles. The molecular weight excluding hydrogens is 361 g/mol. The molecule has 0 atom stereocenters. The lowest BCUT2D eigenvalue weighted by molar-refractivity contribution is 0.551. The second-order valence-electron chi connectivity index (χ2n) is 6.82. The summed E-state index contributed by atoms with van der Waals surface area (Å²) < 4.78 is 20.9. The van der Waals surface area contributed by atoms with Crippen molar-refractivity contribution in [3.8, 4) is 11.3 Å². The lowest BCUT2D eigenvalue weighted by atomic mass is 10.2. The maximum absolute atomic E-state index is 13.9. The Kier molecular flexibility index (Phi) is 4.05. The van der Waals surface area contributed by atoms with Crippen LogP contribution in [0.15, 0.2) is 51.9 Å². The molecule has 1 fully saturated rings. The first-order chi connectivity index (χ1) is 13.7. The molecule has 0 amide bonds. The number of hydrogen-bond acceptors (Lipinski definition) is 6. The van der Waals surface area contributed by atoms with Gasteiger partial charge in [0.1, 0.15) is 5.82 Å². The van der Waals surface area contributed by atoms with Crippen molar-refractivity contribution in [2.24, 2.45) is 0 Å². The number of pyridine rings is 2. The number of hydrogen-bond donors (Lipinski definition) is 1. The molecule has 0 spiro atoms. The van der Waals surface area contributed by atoms with E-state index in [0.717, 1.165) is 38.4 Å². The third-order valence-corrected chi connectivity index (χ3v) is 4.96. The van der Waals surface area contributed by atoms with E-state index in [1.54, 1.807) is 28.9 Å². The molecule has 8 heteroatoms. The first-order valence-corrected chi connectivity index (χ1v) is 9.23. The molecular formula is C20H18FN5O2. The average molecular weight is 379 g/mol. The zero-order valence-corrected chi connectivity index (χ0v) is 15.1.